The quantitative estimate of drug-likeness (QED) is 0.303. The van der Waals surface area contributed by atoms with E-state index in [1.807, 2.05) is 25.1 Å². The highest BCUT2D eigenvalue weighted by molar-refractivity contribution is 6.11. The molecule has 0 radical (unpaired) electrons. The van der Waals surface area contributed by atoms with E-state index >= 15 is 0 Å². The van der Waals surface area contributed by atoms with Crippen LogP contribution in [0.1, 0.15) is 38.9 Å². The molecular weight excluding hydrogens is 420 g/mol. The number of aryl methyl sites for hydroxylation is 1. The number of ketones is 1. The topological polar surface area (TPSA) is 79.1 Å². The maximum atomic E-state index is 13.3. The predicted octanol–water partition coefficient (Wildman–Crippen LogP) is 4.73. The van der Waals surface area contributed by atoms with E-state index in [0.717, 1.165) is 11.1 Å². The highest BCUT2D eigenvalue weighted by atomic mass is 16.5. The number of carbonyl (C=O) groups excluding carboxylic acids is 2. The van der Waals surface area contributed by atoms with Gasteiger partial charge in [-0.05, 0) is 38.1 Å². The molecule has 0 atom stereocenters. The molecule has 2 aromatic carbocycles. The van der Waals surface area contributed by atoms with E-state index in [0.29, 0.717) is 39.5 Å². The molecule has 7 heteroatoms. The maximum absolute atomic E-state index is 13.3. The molecule has 0 fully saturated rings. The summed E-state index contributed by atoms with van der Waals surface area (Å²) in [7, 11) is 3.15. The van der Waals surface area contributed by atoms with Crippen LogP contribution in [-0.2, 0) is 4.74 Å². The Balaban J connectivity index is 1.88. The average molecular weight is 444 g/mol. The highest BCUT2D eigenvalue weighted by Crippen LogP contribution is 2.33. The lowest BCUT2D eigenvalue weighted by atomic mass is 10.1. The van der Waals surface area contributed by atoms with Crippen LogP contribution in [0.3, 0.4) is 0 Å². The zero-order chi connectivity index (χ0) is 23.5. The molecule has 4 rings (SSSR count). The second kappa shape index (κ2) is 9.16. The van der Waals surface area contributed by atoms with E-state index in [9.17, 15) is 9.59 Å². The fourth-order valence-electron chi connectivity index (χ4n) is 3.66. The Kier molecular flexibility index (Phi) is 6.13. The van der Waals surface area contributed by atoms with Gasteiger partial charge in [0, 0.05) is 17.2 Å². The van der Waals surface area contributed by atoms with Gasteiger partial charge in [-0.15, -0.1) is 0 Å². The molecular formula is C26H24N2O5. The van der Waals surface area contributed by atoms with Gasteiger partial charge in [0.25, 0.3) is 0 Å². The van der Waals surface area contributed by atoms with Gasteiger partial charge in [0.2, 0.25) is 5.78 Å². The van der Waals surface area contributed by atoms with Crippen molar-refractivity contribution in [3.05, 3.63) is 83.3 Å². The molecule has 0 unspecified atom stereocenters. The summed E-state index contributed by atoms with van der Waals surface area (Å²) in [6.45, 7) is 3.92. The average Bonchev–Trinajstić information content (AvgIpc) is 3.22. The summed E-state index contributed by atoms with van der Waals surface area (Å²) >= 11 is 0. The van der Waals surface area contributed by atoms with Crippen LogP contribution >= 0.6 is 0 Å². The van der Waals surface area contributed by atoms with Crippen molar-refractivity contribution < 1.29 is 23.8 Å². The first-order valence-corrected chi connectivity index (χ1v) is 10.5. The maximum Gasteiger partial charge on any atom is 0.340 e. The molecule has 2 aromatic heterocycles. The van der Waals surface area contributed by atoms with Crippen LogP contribution in [0.4, 0.5) is 0 Å². The van der Waals surface area contributed by atoms with Gasteiger partial charge in [-0.2, -0.15) is 0 Å². The van der Waals surface area contributed by atoms with Crippen molar-refractivity contribution in [1.82, 2.24) is 9.38 Å². The number of hydrogen-bond acceptors (Lipinski definition) is 6. The Morgan fingerprint density at radius 1 is 0.970 bits per heavy atom. The van der Waals surface area contributed by atoms with E-state index in [1.54, 1.807) is 68.3 Å². The third-order valence-electron chi connectivity index (χ3n) is 5.39. The summed E-state index contributed by atoms with van der Waals surface area (Å²) in [5.74, 6) is 0.512. The molecule has 7 nitrogen and oxygen atoms in total. The Bertz CT molecular complexity index is 1340. The third kappa shape index (κ3) is 4.17. The molecule has 4 aromatic rings. The minimum atomic E-state index is -0.503. The van der Waals surface area contributed by atoms with Crippen molar-refractivity contribution in [3.8, 4) is 22.8 Å². The zero-order valence-electron chi connectivity index (χ0n) is 18.9. The number of nitrogens with zero attached hydrogens (tertiary/aromatic N) is 2. The minimum Gasteiger partial charge on any atom is -0.497 e. The first-order valence-electron chi connectivity index (χ1n) is 10.5. The van der Waals surface area contributed by atoms with Gasteiger partial charge in [-0.1, -0.05) is 29.8 Å². The largest absolute Gasteiger partial charge is 0.497 e. The molecule has 0 aliphatic rings. The van der Waals surface area contributed by atoms with Crippen LogP contribution in [0.15, 0.2) is 60.9 Å². The molecule has 0 spiro atoms. The fourth-order valence-corrected chi connectivity index (χ4v) is 3.66. The summed E-state index contributed by atoms with van der Waals surface area (Å²) in [5, 5.41) is 0. The molecule has 0 N–H and O–H groups in total. The molecule has 0 bridgehead atoms. The van der Waals surface area contributed by atoms with Crippen molar-refractivity contribution in [1.29, 1.82) is 0 Å². The van der Waals surface area contributed by atoms with Crippen molar-refractivity contribution in [2.45, 2.75) is 13.8 Å². The van der Waals surface area contributed by atoms with Gasteiger partial charge in [-0.3, -0.25) is 9.20 Å². The number of ether oxygens (including phenoxy) is 3. The summed E-state index contributed by atoms with van der Waals surface area (Å²) in [4.78, 5) is 30.5. The number of fused-ring (bicyclic) bond motifs is 1. The third-order valence-corrected chi connectivity index (χ3v) is 5.39. The first-order chi connectivity index (χ1) is 16.0. The number of hydrogen-bond donors (Lipinski definition) is 0. The van der Waals surface area contributed by atoms with Gasteiger partial charge in [0.05, 0.1) is 43.3 Å². The van der Waals surface area contributed by atoms with Crippen LogP contribution < -0.4 is 9.47 Å². The van der Waals surface area contributed by atoms with E-state index in [4.69, 9.17) is 14.2 Å². The van der Waals surface area contributed by atoms with Gasteiger partial charge in [0.15, 0.2) is 0 Å². The molecule has 0 aliphatic heterocycles. The summed E-state index contributed by atoms with van der Waals surface area (Å²) in [5.41, 5.74) is 4.03. The molecule has 168 valence electrons. The smallest absolute Gasteiger partial charge is 0.340 e. The number of carbonyl (C=O) groups is 2. The van der Waals surface area contributed by atoms with Gasteiger partial charge in [-0.25, -0.2) is 9.78 Å². The molecule has 0 aliphatic carbocycles. The molecule has 0 saturated heterocycles. The lowest BCUT2D eigenvalue weighted by molar-refractivity contribution is 0.0529. The lowest BCUT2D eigenvalue weighted by Gasteiger charge is -2.11. The summed E-state index contributed by atoms with van der Waals surface area (Å²) < 4.78 is 17.6. The summed E-state index contributed by atoms with van der Waals surface area (Å²) in [6, 6.07) is 16.0. The second-order valence-electron chi connectivity index (χ2n) is 7.45. The fraction of sp³-hybridized carbons (Fsp3) is 0.192. The molecule has 0 amide bonds. The second-order valence-corrected chi connectivity index (χ2v) is 7.45. The van der Waals surface area contributed by atoms with Gasteiger partial charge < -0.3 is 14.2 Å². The standard InChI is InChI=1S/C26H24N2O5/c1-5-33-26(30)20-13-23(25(29)17-8-6-16(2)7-9-17)28-15-27-21(14-22(20)28)19-11-10-18(31-3)12-24(19)32-4/h6-15H,5H2,1-4H3. The monoisotopic (exact) mass is 444 g/mol. The number of benzene rings is 2. The van der Waals surface area contributed by atoms with Crippen molar-refractivity contribution in [2.24, 2.45) is 0 Å². The van der Waals surface area contributed by atoms with Gasteiger partial charge >= 0.3 is 5.97 Å². The van der Waals surface area contributed by atoms with Crippen molar-refractivity contribution >= 4 is 17.3 Å². The van der Waals surface area contributed by atoms with E-state index < -0.39 is 5.97 Å². The predicted molar refractivity (Wildman–Crippen MR) is 124 cm³/mol. The number of esters is 1. The normalized spacial score (nSPS) is 10.8. The van der Waals surface area contributed by atoms with E-state index in [1.165, 1.54) is 0 Å². The molecule has 33 heavy (non-hydrogen) atoms. The van der Waals surface area contributed by atoms with Gasteiger partial charge in [0.1, 0.15) is 17.8 Å². The van der Waals surface area contributed by atoms with Crippen molar-refractivity contribution in [2.75, 3.05) is 20.8 Å². The SMILES string of the molecule is CCOC(=O)c1cc(C(=O)c2ccc(C)cc2)n2cnc(-c3ccc(OC)cc3OC)cc12. The molecule has 2 heterocycles. The van der Waals surface area contributed by atoms with Crippen LogP contribution in [0.25, 0.3) is 16.8 Å². The number of rotatable bonds is 7. The zero-order valence-corrected chi connectivity index (χ0v) is 18.9. The summed E-state index contributed by atoms with van der Waals surface area (Å²) in [6.07, 6.45) is 1.54. The Morgan fingerprint density at radius 2 is 1.73 bits per heavy atom. The Hall–Kier alpha value is -4.13. The molecule has 0 saturated carbocycles. The van der Waals surface area contributed by atoms with Crippen LogP contribution in [-0.4, -0.2) is 42.0 Å². The van der Waals surface area contributed by atoms with Crippen LogP contribution in [0.2, 0.25) is 0 Å². The Labute approximate surface area is 191 Å². The first kappa shape index (κ1) is 22.1. The highest BCUT2D eigenvalue weighted by Gasteiger charge is 2.23. The van der Waals surface area contributed by atoms with Crippen molar-refractivity contribution in [3.63, 3.8) is 0 Å². The van der Waals surface area contributed by atoms with Crippen LogP contribution in [0.5, 0.6) is 11.5 Å². The van der Waals surface area contributed by atoms with Crippen LogP contribution in [0, 0.1) is 6.92 Å². The van der Waals surface area contributed by atoms with E-state index in [-0.39, 0.29) is 12.4 Å². The Morgan fingerprint density at radius 3 is 2.39 bits per heavy atom. The number of methoxy groups -OCH3 is 2. The minimum absolute atomic E-state index is 0.211. The number of aromatic nitrogens is 2. The lowest BCUT2D eigenvalue weighted by Crippen LogP contribution is -2.06. The van der Waals surface area contributed by atoms with E-state index in [2.05, 4.69) is 4.98 Å².